The highest BCUT2D eigenvalue weighted by Gasteiger charge is 2.50. The van der Waals surface area contributed by atoms with Gasteiger partial charge in [-0.25, -0.2) is 14.6 Å². The van der Waals surface area contributed by atoms with Gasteiger partial charge >= 0.3 is 0 Å². The Morgan fingerprint density at radius 1 is 1.11 bits per heavy atom. The third kappa shape index (κ3) is 3.45. The number of allylic oxidation sites excluding steroid dienone is 1. The fraction of sp³-hybridized carbons (Fsp3) is 0.375. The number of hydrogen-bond donors (Lipinski definition) is 2. The molecule has 3 aliphatic heterocycles. The number of anilines is 3. The predicted molar refractivity (Wildman–Crippen MR) is 137 cm³/mol. The molecule has 188 valence electrons. The van der Waals surface area contributed by atoms with Crippen LogP contribution in [0.25, 0.3) is 22.3 Å². The molecule has 7 rings (SSSR count). The number of fused-ring (bicyclic) bond motifs is 2. The maximum Gasteiger partial charge on any atom is 0.255 e. The highest BCUT2D eigenvalue weighted by atomic mass is 16.1. The quantitative estimate of drug-likeness (QED) is 0.421. The number of nitrogens with zero attached hydrogens (tertiary/aromatic N) is 10. The second kappa shape index (κ2) is 7.80. The summed E-state index contributed by atoms with van der Waals surface area (Å²) < 4.78 is 1.61. The van der Waals surface area contributed by atoms with E-state index in [1.54, 1.807) is 11.0 Å². The number of hydrogen-bond acceptors (Lipinski definition) is 10. The van der Waals surface area contributed by atoms with E-state index in [9.17, 15) is 4.79 Å². The number of nitrogens with one attached hydrogen (secondary N) is 2. The van der Waals surface area contributed by atoms with Crippen LogP contribution in [0.3, 0.4) is 0 Å². The molecule has 6 heterocycles. The summed E-state index contributed by atoms with van der Waals surface area (Å²) >= 11 is 0. The molecule has 37 heavy (non-hydrogen) atoms. The highest BCUT2D eigenvalue weighted by Crippen LogP contribution is 2.41. The Morgan fingerprint density at radius 2 is 1.95 bits per heavy atom. The summed E-state index contributed by atoms with van der Waals surface area (Å²) in [6, 6.07) is 7.67. The number of rotatable bonds is 4. The number of H-pyrrole nitrogens is 1. The lowest BCUT2D eigenvalue weighted by Crippen LogP contribution is -2.71. The summed E-state index contributed by atoms with van der Waals surface area (Å²) in [7, 11) is 4.00. The second-order valence-corrected chi connectivity index (χ2v) is 10.3. The smallest absolute Gasteiger partial charge is 0.255 e. The minimum Gasteiger partial charge on any atom is -0.355 e. The standard InChI is InChI=1S/C24H26N12O/c1-14-17(8-36-23(34(14)3)30-31-32-36)22(37)27-15-4-5-18-16(6-15)21(29-28-18)19-7-20(26-13-25-19)35-11-24(12-35)9-33(2)10-24/h4-7,13H,8-12H2,1-3H3,(H,27,37)(H,28,29). The molecule has 3 aromatic heterocycles. The van der Waals surface area contributed by atoms with Crippen LogP contribution in [0.2, 0.25) is 0 Å². The molecule has 0 atom stereocenters. The van der Waals surface area contributed by atoms with Crippen molar-refractivity contribution in [3.05, 3.63) is 41.9 Å². The zero-order chi connectivity index (χ0) is 25.3. The van der Waals surface area contributed by atoms with Gasteiger partial charge in [0.15, 0.2) is 0 Å². The highest BCUT2D eigenvalue weighted by molar-refractivity contribution is 6.06. The molecule has 4 aromatic rings. The number of tetrazole rings is 1. The lowest BCUT2D eigenvalue weighted by molar-refractivity contribution is -0.113. The van der Waals surface area contributed by atoms with Crippen molar-refractivity contribution in [1.82, 2.24) is 45.3 Å². The monoisotopic (exact) mass is 498 g/mol. The molecular weight excluding hydrogens is 472 g/mol. The van der Waals surface area contributed by atoms with E-state index >= 15 is 0 Å². The van der Waals surface area contributed by atoms with E-state index in [1.165, 1.54) is 0 Å². The molecule has 0 unspecified atom stereocenters. The van der Waals surface area contributed by atoms with Crippen molar-refractivity contribution >= 4 is 34.3 Å². The second-order valence-electron chi connectivity index (χ2n) is 10.3. The van der Waals surface area contributed by atoms with Crippen LogP contribution >= 0.6 is 0 Å². The molecule has 1 amide bonds. The van der Waals surface area contributed by atoms with Crippen LogP contribution in [-0.4, -0.2) is 91.5 Å². The van der Waals surface area contributed by atoms with E-state index in [4.69, 9.17) is 0 Å². The van der Waals surface area contributed by atoms with E-state index in [0.29, 0.717) is 29.2 Å². The third-order valence-electron chi connectivity index (χ3n) is 7.64. The molecule has 2 fully saturated rings. The van der Waals surface area contributed by atoms with Gasteiger partial charge in [0, 0.05) is 61.5 Å². The van der Waals surface area contributed by atoms with Gasteiger partial charge < -0.3 is 20.0 Å². The van der Waals surface area contributed by atoms with Gasteiger partial charge in [-0.2, -0.15) is 5.10 Å². The minimum absolute atomic E-state index is 0.201. The summed E-state index contributed by atoms with van der Waals surface area (Å²) in [6.07, 6.45) is 1.59. The Labute approximate surface area is 212 Å². The van der Waals surface area contributed by atoms with E-state index in [-0.39, 0.29) is 5.91 Å². The van der Waals surface area contributed by atoms with Crippen LogP contribution in [0.15, 0.2) is 41.9 Å². The van der Waals surface area contributed by atoms with Crippen molar-refractivity contribution in [3.63, 3.8) is 0 Å². The summed E-state index contributed by atoms with van der Waals surface area (Å²) in [5, 5.41) is 23.2. The van der Waals surface area contributed by atoms with Crippen molar-refractivity contribution in [1.29, 1.82) is 0 Å². The average Bonchev–Trinajstić information content (AvgIpc) is 3.49. The molecule has 13 heteroatoms. The summed E-state index contributed by atoms with van der Waals surface area (Å²) in [6.45, 7) is 6.51. The van der Waals surface area contributed by atoms with Crippen molar-refractivity contribution in [2.45, 2.75) is 13.5 Å². The fourth-order valence-corrected chi connectivity index (χ4v) is 5.76. The zero-order valence-corrected chi connectivity index (χ0v) is 20.8. The first-order valence-corrected chi connectivity index (χ1v) is 12.1. The van der Waals surface area contributed by atoms with Crippen molar-refractivity contribution in [2.24, 2.45) is 5.41 Å². The van der Waals surface area contributed by atoms with Gasteiger partial charge in [-0.05, 0) is 42.6 Å². The van der Waals surface area contributed by atoms with Crippen molar-refractivity contribution in [3.8, 4) is 11.4 Å². The Morgan fingerprint density at radius 3 is 2.76 bits per heavy atom. The number of carbonyl (C=O) groups is 1. The SMILES string of the molecule is CC1=C(C(=O)Nc2ccc3[nH]nc(-c4cc(N5CC6(CN(C)C6)C5)ncn4)c3c2)Cn2nnnc2N1C. The number of amides is 1. The molecule has 2 saturated heterocycles. The van der Waals surface area contributed by atoms with E-state index in [1.807, 2.05) is 43.1 Å². The Balaban J connectivity index is 1.14. The maximum atomic E-state index is 13.2. The van der Waals surface area contributed by atoms with Gasteiger partial charge in [-0.15, -0.1) is 0 Å². The molecule has 1 spiro atoms. The first-order chi connectivity index (χ1) is 17.9. The molecule has 1 aromatic carbocycles. The average molecular weight is 499 g/mol. The fourth-order valence-electron chi connectivity index (χ4n) is 5.76. The summed E-state index contributed by atoms with van der Waals surface area (Å²) in [5.41, 5.74) is 4.81. The lowest BCUT2D eigenvalue weighted by Gasteiger charge is -2.59. The van der Waals surface area contributed by atoms with Crippen LogP contribution in [-0.2, 0) is 11.3 Å². The number of carbonyl (C=O) groups excluding carboxylic acids is 1. The lowest BCUT2D eigenvalue weighted by atomic mass is 9.73. The van der Waals surface area contributed by atoms with Crippen molar-refractivity contribution in [2.75, 3.05) is 55.4 Å². The first-order valence-electron chi connectivity index (χ1n) is 12.1. The molecule has 2 N–H and O–H groups in total. The molecule has 0 aliphatic carbocycles. The van der Waals surface area contributed by atoms with Gasteiger partial charge in [-0.1, -0.05) is 5.10 Å². The first kappa shape index (κ1) is 21.9. The van der Waals surface area contributed by atoms with Gasteiger partial charge in [0.05, 0.1) is 23.3 Å². The Kier molecular flexibility index (Phi) is 4.61. The van der Waals surface area contributed by atoms with Gasteiger partial charge in [-0.3, -0.25) is 9.89 Å². The predicted octanol–water partition coefficient (Wildman–Crippen LogP) is 1.12. The van der Waals surface area contributed by atoms with E-state index < -0.39 is 0 Å². The van der Waals surface area contributed by atoms with Crippen LogP contribution in [0.1, 0.15) is 6.92 Å². The normalized spacial score (nSPS) is 18.7. The number of aromatic nitrogens is 8. The Bertz CT molecular complexity index is 1570. The molecule has 0 saturated carbocycles. The maximum absolute atomic E-state index is 13.2. The summed E-state index contributed by atoms with van der Waals surface area (Å²) in [4.78, 5) is 28.7. The molecule has 0 bridgehead atoms. The van der Waals surface area contributed by atoms with Gasteiger partial charge in [0.25, 0.3) is 5.91 Å². The van der Waals surface area contributed by atoms with Gasteiger partial charge in [0.2, 0.25) is 5.95 Å². The molecule has 0 radical (unpaired) electrons. The number of aromatic amines is 1. The van der Waals surface area contributed by atoms with E-state index in [2.05, 4.69) is 57.9 Å². The van der Waals surface area contributed by atoms with Crippen molar-refractivity contribution < 1.29 is 4.79 Å². The summed E-state index contributed by atoms with van der Waals surface area (Å²) in [5.74, 6) is 1.32. The largest absolute Gasteiger partial charge is 0.355 e. The molecule has 3 aliphatic rings. The molecule has 13 nitrogen and oxygen atoms in total. The third-order valence-corrected chi connectivity index (χ3v) is 7.64. The zero-order valence-electron chi connectivity index (χ0n) is 20.8. The van der Waals surface area contributed by atoms with Crippen LogP contribution < -0.4 is 15.1 Å². The van der Waals surface area contributed by atoms with Crippen LogP contribution in [0.4, 0.5) is 17.5 Å². The topological polar surface area (TPSA) is 137 Å². The number of benzene rings is 1. The van der Waals surface area contributed by atoms with Crippen LogP contribution in [0, 0.1) is 5.41 Å². The number of likely N-dealkylation sites (tertiary alicyclic amines) is 1. The Hall–Kier alpha value is -4.39. The van der Waals surface area contributed by atoms with Crippen LogP contribution in [0.5, 0.6) is 0 Å². The van der Waals surface area contributed by atoms with Gasteiger partial charge in [0.1, 0.15) is 17.8 Å². The molecular formula is C24H26N12O. The minimum atomic E-state index is -0.201. The van der Waals surface area contributed by atoms with E-state index in [0.717, 1.165) is 60.0 Å².